The smallest absolute Gasteiger partial charge is 0.142 e. The van der Waals surface area contributed by atoms with Gasteiger partial charge in [0.25, 0.3) is 0 Å². The average Bonchev–Trinajstić information content (AvgIpc) is 2.66. The minimum Gasteiger partial charge on any atom is -0.489 e. The zero-order chi connectivity index (χ0) is 18.6. The summed E-state index contributed by atoms with van der Waals surface area (Å²) in [5.74, 6) is 2.27. The Labute approximate surface area is 159 Å². The third-order valence-electron chi connectivity index (χ3n) is 4.90. The maximum absolute atomic E-state index is 5.79. The second-order valence-electron chi connectivity index (χ2n) is 7.42. The lowest BCUT2D eigenvalue weighted by atomic mass is 9.97. The molecule has 5 heteroatoms. The molecule has 5 nitrogen and oxygen atoms in total. The fourth-order valence-electron chi connectivity index (χ4n) is 3.24. The lowest BCUT2D eigenvalue weighted by Crippen LogP contribution is -2.38. The fraction of sp³-hybridized carbons (Fsp3) is 0.714. The molecule has 0 aromatic heterocycles. The minimum atomic E-state index is 0.573. The van der Waals surface area contributed by atoms with E-state index in [1.54, 1.807) is 7.11 Å². The predicted octanol–water partition coefficient (Wildman–Crippen LogP) is 3.51. The quantitative estimate of drug-likeness (QED) is 0.575. The number of methoxy groups -OCH3 is 1. The number of anilines is 1. The van der Waals surface area contributed by atoms with Crippen LogP contribution in [0.5, 0.6) is 5.75 Å². The van der Waals surface area contributed by atoms with Crippen LogP contribution in [0.3, 0.4) is 0 Å². The molecule has 0 radical (unpaired) electrons. The second-order valence-corrected chi connectivity index (χ2v) is 7.42. The highest BCUT2D eigenvalue weighted by Crippen LogP contribution is 2.24. The largest absolute Gasteiger partial charge is 0.489 e. The van der Waals surface area contributed by atoms with Gasteiger partial charge >= 0.3 is 0 Å². The van der Waals surface area contributed by atoms with Gasteiger partial charge in [0.05, 0.1) is 25.5 Å². The molecule has 2 unspecified atom stereocenters. The van der Waals surface area contributed by atoms with Crippen molar-refractivity contribution in [2.24, 2.45) is 11.8 Å². The van der Waals surface area contributed by atoms with E-state index in [1.165, 1.54) is 19.4 Å². The Morgan fingerprint density at radius 2 is 1.81 bits per heavy atom. The van der Waals surface area contributed by atoms with E-state index >= 15 is 0 Å². The molecule has 1 aromatic rings. The van der Waals surface area contributed by atoms with E-state index in [1.807, 2.05) is 18.2 Å². The molecular weight excluding hydrogens is 328 g/mol. The normalized spacial score (nSPS) is 17.7. The summed E-state index contributed by atoms with van der Waals surface area (Å²) in [4.78, 5) is 2.53. The van der Waals surface area contributed by atoms with Crippen LogP contribution in [0.25, 0.3) is 0 Å². The van der Waals surface area contributed by atoms with E-state index in [4.69, 9.17) is 14.2 Å². The van der Waals surface area contributed by atoms with Gasteiger partial charge in [-0.05, 0) is 36.8 Å². The van der Waals surface area contributed by atoms with Crippen LogP contribution in [-0.2, 0) is 9.47 Å². The van der Waals surface area contributed by atoms with Crippen LogP contribution in [0.15, 0.2) is 24.3 Å². The molecule has 0 spiro atoms. The molecule has 1 aliphatic heterocycles. The summed E-state index contributed by atoms with van der Waals surface area (Å²) >= 11 is 0. The number of morpholine rings is 1. The molecule has 0 bridgehead atoms. The monoisotopic (exact) mass is 364 g/mol. The van der Waals surface area contributed by atoms with Crippen molar-refractivity contribution in [1.82, 2.24) is 4.90 Å². The summed E-state index contributed by atoms with van der Waals surface area (Å²) in [5, 5.41) is 3.55. The molecule has 1 fully saturated rings. The van der Waals surface area contributed by atoms with Crippen molar-refractivity contribution >= 4 is 5.69 Å². The molecule has 0 aliphatic carbocycles. The van der Waals surface area contributed by atoms with Crippen LogP contribution in [0.4, 0.5) is 5.69 Å². The molecule has 0 amide bonds. The highest BCUT2D eigenvalue weighted by atomic mass is 16.5. The summed E-state index contributed by atoms with van der Waals surface area (Å²) < 4.78 is 16.3. The van der Waals surface area contributed by atoms with Crippen LogP contribution in [0, 0.1) is 11.8 Å². The topological polar surface area (TPSA) is 43.0 Å². The zero-order valence-electron chi connectivity index (χ0n) is 16.7. The van der Waals surface area contributed by atoms with Crippen molar-refractivity contribution < 1.29 is 14.2 Å². The van der Waals surface area contributed by atoms with Crippen molar-refractivity contribution in [3.05, 3.63) is 24.3 Å². The molecule has 26 heavy (non-hydrogen) atoms. The first-order valence-electron chi connectivity index (χ1n) is 9.93. The SMILES string of the molecule is COCCOc1ccccc1NCC(C)CCC(C)CN1CCOCC1. The van der Waals surface area contributed by atoms with E-state index < -0.39 is 0 Å². The summed E-state index contributed by atoms with van der Waals surface area (Å²) in [6, 6.07) is 8.13. The number of ether oxygens (including phenoxy) is 3. The minimum absolute atomic E-state index is 0.573. The van der Waals surface area contributed by atoms with Gasteiger partial charge in [0.15, 0.2) is 0 Å². The van der Waals surface area contributed by atoms with Crippen molar-refractivity contribution in [2.75, 3.05) is 65.0 Å². The van der Waals surface area contributed by atoms with Gasteiger partial charge in [-0.15, -0.1) is 0 Å². The van der Waals surface area contributed by atoms with Gasteiger partial charge in [-0.2, -0.15) is 0 Å². The van der Waals surface area contributed by atoms with Gasteiger partial charge in [-0.1, -0.05) is 26.0 Å². The van der Waals surface area contributed by atoms with Crippen LogP contribution in [-0.4, -0.2) is 64.6 Å². The molecule has 1 heterocycles. The van der Waals surface area contributed by atoms with Gasteiger partial charge in [0.2, 0.25) is 0 Å². The maximum atomic E-state index is 5.79. The molecule has 0 saturated carbocycles. The summed E-state index contributed by atoms with van der Waals surface area (Å²) in [6.07, 6.45) is 2.51. The molecule has 148 valence electrons. The van der Waals surface area contributed by atoms with Gasteiger partial charge < -0.3 is 19.5 Å². The first-order chi connectivity index (χ1) is 12.7. The third-order valence-corrected chi connectivity index (χ3v) is 4.90. The number of nitrogens with zero attached hydrogens (tertiary/aromatic N) is 1. The average molecular weight is 365 g/mol. The molecule has 1 aromatic carbocycles. The Morgan fingerprint density at radius 3 is 2.58 bits per heavy atom. The third kappa shape index (κ3) is 7.94. The Kier molecular flexibility index (Phi) is 9.82. The van der Waals surface area contributed by atoms with Crippen LogP contribution < -0.4 is 10.1 Å². The van der Waals surface area contributed by atoms with Gasteiger partial charge in [-0.3, -0.25) is 4.90 Å². The van der Waals surface area contributed by atoms with Crippen molar-refractivity contribution in [2.45, 2.75) is 26.7 Å². The first-order valence-corrected chi connectivity index (χ1v) is 9.93. The highest BCUT2D eigenvalue weighted by molar-refractivity contribution is 5.56. The Balaban J connectivity index is 1.67. The molecule has 1 saturated heterocycles. The van der Waals surface area contributed by atoms with Gasteiger partial charge in [0.1, 0.15) is 12.4 Å². The van der Waals surface area contributed by atoms with Gasteiger partial charge in [0, 0.05) is 33.3 Å². The number of hydrogen-bond acceptors (Lipinski definition) is 5. The number of benzene rings is 1. The maximum Gasteiger partial charge on any atom is 0.142 e. The molecule has 2 atom stereocenters. The molecule has 1 N–H and O–H groups in total. The lowest BCUT2D eigenvalue weighted by molar-refractivity contribution is 0.0309. The van der Waals surface area contributed by atoms with Crippen LogP contribution >= 0.6 is 0 Å². The molecule has 1 aliphatic rings. The van der Waals surface area contributed by atoms with E-state index in [2.05, 4.69) is 30.1 Å². The van der Waals surface area contributed by atoms with Crippen molar-refractivity contribution in [3.8, 4) is 5.75 Å². The van der Waals surface area contributed by atoms with E-state index in [0.29, 0.717) is 19.1 Å². The molecular formula is C21H36N2O3. The number of rotatable bonds is 12. The fourth-order valence-corrected chi connectivity index (χ4v) is 3.24. The standard InChI is InChI=1S/C21H36N2O3/c1-18(8-9-19(2)17-23-10-12-25-13-11-23)16-22-20-6-4-5-7-21(20)26-15-14-24-3/h4-7,18-19,22H,8-17H2,1-3H3. The summed E-state index contributed by atoms with van der Waals surface area (Å²) in [6.45, 7) is 12.0. The Hall–Kier alpha value is -1.30. The highest BCUT2D eigenvalue weighted by Gasteiger charge is 2.14. The Bertz CT molecular complexity index is 492. The first kappa shape index (κ1) is 21.0. The number of para-hydroxylation sites is 2. The summed E-state index contributed by atoms with van der Waals surface area (Å²) in [5.41, 5.74) is 1.07. The van der Waals surface area contributed by atoms with E-state index in [0.717, 1.165) is 50.2 Å². The van der Waals surface area contributed by atoms with E-state index in [9.17, 15) is 0 Å². The van der Waals surface area contributed by atoms with E-state index in [-0.39, 0.29) is 0 Å². The lowest BCUT2D eigenvalue weighted by Gasteiger charge is -2.29. The van der Waals surface area contributed by atoms with Crippen LogP contribution in [0.1, 0.15) is 26.7 Å². The van der Waals surface area contributed by atoms with Crippen molar-refractivity contribution in [3.63, 3.8) is 0 Å². The second kappa shape index (κ2) is 12.2. The molecule has 2 rings (SSSR count). The predicted molar refractivity (Wildman–Crippen MR) is 107 cm³/mol. The summed E-state index contributed by atoms with van der Waals surface area (Å²) in [7, 11) is 1.69. The number of hydrogen-bond donors (Lipinski definition) is 1. The zero-order valence-corrected chi connectivity index (χ0v) is 16.7. The Morgan fingerprint density at radius 1 is 1.08 bits per heavy atom. The van der Waals surface area contributed by atoms with Gasteiger partial charge in [-0.25, -0.2) is 0 Å². The van der Waals surface area contributed by atoms with Crippen molar-refractivity contribution in [1.29, 1.82) is 0 Å². The van der Waals surface area contributed by atoms with Crippen LogP contribution in [0.2, 0.25) is 0 Å². The number of nitrogens with one attached hydrogen (secondary N) is 1.